The largest absolute Gasteiger partial charge is 0.368 e. The number of aromatic nitrogens is 3. The van der Waals surface area contributed by atoms with Crippen LogP contribution in [-0.2, 0) is 7.05 Å². The molecule has 0 aliphatic carbocycles. The van der Waals surface area contributed by atoms with Crippen molar-refractivity contribution < 1.29 is 4.79 Å². The van der Waals surface area contributed by atoms with Crippen LogP contribution in [0.2, 0.25) is 0 Å². The molecule has 2 unspecified atom stereocenters. The van der Waals surface area contributed by atoms with Crippen molar-refractivity contribution in [1.82, 2.24) is 19.7 Å². The summed E-state index contributed by atoms with van der Waals surface area (Å²) in [5.74, 6) is -0.436. The van der Waals surface area contributed by atoms with Crippen LogP contribution in [0.1, 0.15) is 40.7 Å². The highest BCUT2D eigenvalue weighted by molar-refractivity contribution is 5.96. The summed E-state index contributed by atoms with van der Waals surface area (Å²) in [4.78, 5) is 22.4. The van der Waals surface area contributed by atoms with Gasteiger partial charge in [-0.2, -0.15) is 5.10 Å². The predicted octanol–water partition coefficient (Wildman–Crippen LogP) is 3.78. The van der Waals surface area contributed by atoms with Crippen molar-refractivity contribution in [1.29, 1.82) is 0 Å². The van der Waals surface area contributed by atoms with Gasteiger partial charge in [-0.05, 0) is 48.9 Å². The summed E-state index contributed by atoms with van der Waals surface area (Å²) in [6.07, 6.45) is 5.06. The number of likely N-dealkylation sites (N-methyl/N-ethyl adjacent to an activating group) is 1. The number of aryl methyl sites for hydroxylation is 1. The molecule has 178 valence electrons. The molecule has 2 aromatic carbocycles. The molecule has 4 aromatic rings. The molecule has 0 saturated carbocycles. The van der Waals surface area contributed by atoms with Gasteiger partial charge >= 0.3 is 0 Å². The van der Waals surface area contributed by atoms with Crippen molar-refractivity contribution in [3.05, 3.63) is 77.6 Å². The zero-order valence-electron chi connectivity index (χ0n) is 20.3. The minimum Gasteiger partial charge on any atom is -0.368 e. The van der Waals surface area contributed by atoms with Gasteiger partial charge in [-0.3, -0.25) is 14.4 Å². The summed E-state index contributed by atoms with van der Waals surface area (Å²) in [5, 5.41) is 5.39. The minimum absolute atomic E-state index is 0.0456. The third kappa shape index (κ3) is 3.67. The molecule has 2 aromatic heterocycles. The van der Waals surface area contributed by atoms with Crippen LogP contribution < -0.4 is 10.6 Å². The average molecular weight is 467 g/mol. The molecular formula is C28H30N6O. The van der Waals surface area contributed by atoms with Gasteiger partial charge in [0.1, 0.15) is 0 Å². The Labute approximate surface area is 205 Å². The Morgan fingerprint density at radius 1 is 1.06 bits per heavy atom. The first-order valence-electron chi connectivity index (χ1n) is 12.2. The summed E-state index contributed by atoms with van der Waals surface area (Å²) in [7, 11) is 4.10. The van der Waals surface area contributed by atoms with E-state index in [1.807, 2.05) is 43.7 Å². The number of carbonyl (C=O) groups is 1. The Morgan fingerprint density at radius 2 is 1.83 bits per heavy atom. The van der Waals surface area contributed by atoms with Gasteiger partial charge in [0.05, 0.1) is 17.4 Å². The van der Waals surface area contributed by atoms with Crippen LogP contribution in [0.3, 0.4) is 0 Å². The number of pyridine rings is 1. The number of piperidine rings is 1. The van der Waals surface area contributed by atoms with E-state index in [9.17, 15) is 4.79 Å². The second-order valence-electron chi connectivity index (χ2n) is 9.99. The molecule has 3 fully saturated rings. The van der Waals surface area contributed by atoms with Gasteiger partial charge < -0.3 is 10.6 Å². The fourth-order valence-electron chi connectivity index (χ4n) is 5.77. The van der Waals surface area contributed by atoms with Crippen molar-refractivity contribution in [3.63, 3.8) is 0 Å². The number of fused-ring (bicyclic) bond motifs is 3. The summed E-state index contributed by atoms with van der Waals surface area (Å²) in [6, 6.07) is 17.7. The van der Waals surface area contributed by atoms with Crippen molar-refractivity contribution in [3.8, 4) is 11.3 Å². The molecule has 3 saturated heterocycles. The maximum Gasteiger partial charge on any atom is 0.249 e. The fraction of sp³-hybridized carbons (Fsp3) is 0.321. The number of primary amides is 1. The molecule has 5 heterocycles. The van der Waals surface area contributed by atoms with Crippen LogP contribution in [0.4, 0.5) is 5.69 Å². The lowest BCUT2D eigenvalue weighted by Crippen LogP contribution is -2.67. The number of anilines is 1. The number of nitrogens with zero attached hydrogens (tertiary/aromatic N) is 5. The maximum absolute atomic E-state index is 12.6. The fourth-order valence-corrected chi connectivity index (χ4v) is 5.77. The van der Waals surface area contributed by atoms with Gasteiger partial charge in [0.15, 0.2) is 0 Å². The summed E-state index contributed by atoms with van der Waals surface area (Å²) < 4.78 is 1.78. The highest BCUT2D eigenvalue weighted by Crippen LogP contribution is 2.37. The van der Waals surface area contributed by atoms with Crippen molar-refractivity contribution >= 4 is 22.5 Å². The van der Waals surface area contributed by atoms with Crippen LogP contribution in [0, 0.1) is 0 Å². The predicted molar refractivity (Wildman–Crippen MR) is 139 cm³/mol. The highest BCUT2D eigenvalue weighted by Gasteiger charge is 2.42. The molecule has 3 atom stereocenters. The lowest BCUT2D eigenvalue weighted by atomic mass is 9.85. The van der Waals surface area contributed by atoms with Gasteiger partial charge in [-0.25, -0.2) is 4.98 Å². The molecule has 7 rings (SSSR count). The Bertz CT molecular complexity index is 1430. The summed E-state index contributed by atoms with van der Waals surface area (Å²) in [6.45, 7) is 4.12. The number of carbonyl (C=O) groups excluding carboxylic acids is 1. The highest BCUT2D eigenvalue weighted by atomic mass is 16.1. The summed E-state index contributed by atoms with van der Waals surface area (Å²) in [5.41, 5.74) is 12.4. The number of amides is 1. The second kappa shape index (κ2) is 8.20. The van der Waals surface area contributed by atoms with Gasteiger partial charge in [0.2, 0.25) is 5.91 Å². The molecule has 7 heteroatoms. The normalized spacial score (nSPS) is 20.6. The van der Waals surface area contributed by atoms with E-state index >= 15 is 0 Å². The first kappa shape index (κ1) is 21.8. The van der Waals surface area contributed by atoms with Gasteiger partial charge in [0, 0.05) is 66.5 Å². The molecule has 3 aliphatic heterocycles. The van der Waals surface area contributed by atoms with Crippen LogP contribution in [0.5, 0.6) is 0 Å². The molecule has 3 aliphatic rings. The Kier molecular flexibility index (Phi) is 5.11. The Hall–Kier alpha value is -3.71. The maximum atomic E-state index is 12.6. The SMILES string of the molecule is C[C@@H](c1ccc(N2CC3CC(C2)N3C)cc1C(N)=O)c1cc(-c2cnn(C)c2)nc2ccccc12. The van der Waals surface area contributed by atoms with Crippen molar-refractivity contribution in [2.24, 2.45) is 12.8 Å². The number of para-hydroxylation sites is 1. The van der Waals surface area contributed by atoms with E-state index in [-0.39, 0.29) is 11.8 Å². The zero-order valence-corrected chi connectivity index (χ0v) is 20.3. The van der Waals surface area contributed by atoms with E-state index < -0.39 is 0 Å². The Morgan fingerprint density at radius 3 is 2.51 bits per heavy atom. The molecule has 7 nitrogen and oxygen atoms in total. The van der Waals surface area contributed by atoms with E-state index in [0.29, 0.717) is 17.6 Å². The second-order valence-corrected chi connectivity index (χ2v) is 9.99. The standard InChI is InChI=1S/C28H30N6O/c1-17(24-12-27(18-13-30-32(2)14-18)31-26-7-5-4-6-23(24)26)22-9-8-19(11-25(22)28(29)35)34-15-20-10-21(16-34)33(20)3/h4-9,11-14,17,20-21H,10,15-16H2,1-3H3,(H2,29,35)/t17-,20?,21?/m0/s1. The Balaban J connectivity index is 1.42. The number of hydrogen-bond donors (Lipinski definition) is 1. The number of hydrogen-bond acceptors (Lipinski definition) is 5. The van der Waals surface area contributed by atoms with E-state index in [4.69, 9.17) is 10.7 Å². The number of nitrogens with two attached hydrogens (primary N) is 1. The molecule has 0 spiro atoms. The number of benzene rings is 2. The van der Waals surface area contributed by atoms with Gasteiger partial charge in [-0.15, -0.1) is 0 Å². The zero-order chi connectivity index (χ0) is 24.3. The van der Waals surface area contributed by atoms with E-state index in [1.54, 1.807) is 4.68 Å². The van der Waals surface area contributed by atoms with Crippen LogP contribution in [0.25, 0.3) is 22.2 Å². The van der Waals surface area contributed by atoms with Gasteiger partial charge in [0.25, 0.3) is 0 Å². The lowest BCUT2D eigenvalue weighted by Gasteiger charge is -2.55. The minimum atomic E-state index is -0.390. The van der Waals surface area contributed by atoms with Gasteiger partial charge in [-0.1, -0.05) is 31.2 Å². The molecule has 2 N–H and O–H groups in total. The molecule has 2 bridgehead atoms. The molecular weight excluding hydrogens is 436 g/mol. The van der Waals surface area contributed by atoms with Crippen molar-refractivity contribution in [2.45, 2.75) is 31.3 Å². The quantitative estimate of drug-likeness (QED) is 0.484. The molecule has 0 radical (unpaired) electrons. The third-order valence-electron chi connectivity index (χ3n) is 7.91. The third-order valence-corrected chi connectivity index (χ3v) is 7.91. The van der Waals surface area contributed by atoms with Crippen molar-refractivity contribution in [2.75, 3.05) is 25.0 Å². The monoisotopic (exact) mass is 466 g/mol. The molecule has 1 amide bonds. The summed E-state index contributed by atoms with van der Waals surface area (Å²) >= 11 is 0. The van der Waals surface area contributed by atoms with E-state index in [2.05, 4.69) is 53.1 Å². The van der Waals surface area contributed by atoms with E-state index in [0.717, 1.165) is 52.1 Å². The first-order chi connectivity index (χ1) is 16.9. The van der Waals surface area contributed by atoms with Crippen LogP contribution >= 0.6 is 0 Å². The average Bonchev–Trinajstić information content (AvgIpc) is 3.33. The van der Waals surface area contributed by atoms with Crippen LogP contribution in [-0.4, -0.2) is 57.8 Å². The topological polar surface area (TPSA) is 80.3 Å². The van der Waals surface area contributed by atoms with E-state index in [1.165, 1.54) is 6.42 Å². The number of rotatable bonds is 5. The smallest absolute Gasteiger partial charge is 0.249 e. The number of piperazine rings is 1. The first-order valence-corrected chi connectivity index (χ1v) is 12.2. The lowest BCUT2D eigenvalue weighted by molar-refractivity contribution is 0.0264. The van der Waals surface area contributed by atoms with Crippen LogP contribution in [0.15, 0.2) is 60.9 Å². The molecule has 35 heavy (non-hydrogen) atoms.